The van der Waals surface area contributed by atoms with E-state index in [9.17, 15) is 5.26 Å². The minimum atomic E-state index is -0.646. The van der Waals surface area contributed by atoms with E-state index in [1.54, 1.807) is 0 Å². The van der Waals surface area contributed by atoms with Crippen LogP contribution < -0.4 is 5.32 Å². The third-order valence-corrected chi connectivity index (χ3v) is 4.48. The zero-order valence-electron chi connectivity index (χ0n) is 13.6. The Hall–Kier alpha value is -1.37. The van der Waals surface area contributed by atoms with Gasteiger partial charge in [-0.1, -0.05) is 30.3 Å². The highest BCUT2D eigenvalue weighted by molar-refractivity contribution is 5.32. The van der Waals surface area contributed by atoms with Crippen molar-refractivity contribution in [2.45, 2.75) is 51.2 Å². The summed E-state index contributed by atoms with van der Waals surface area (Å²) in [4.78, 5) is 2.34. The number of nitrogens with one attached hydrogen (secondary N) is 1. The van der Waals surface area contributed by atoms with Crippen LogP contribution in [0.5, 0.6) is 0 Å². The van der Waals surface area contributed by atoms with Crippen molar-refractivity contribution < 1.29 is 0 Å². The van der Waals surface area contributed by atoms with Crippen molar-refractivity contribution in [3.8, 4) is 6.07 Å². The van der Waals surface area contributed by atoms with E-state index in [1.165, 1.54) is 12.8 Å². The predicted molar refractivity (Wildman–Crippen MR) is 86.8 cm³/mol. The Balaban J connectivity index is 2.24. The van der Waals surface area contributed by atoms with Gasteiger partial charge in [0.15, 0.2) is 0 Å². The highest BCUT2D eigenvalue weighted by atomic mass is 15.2. The standard InChI is InChI=1S/C18H27N3/c1-14(2)20-18(12-19,17-8-6-5-7-9-17)13-21(4)15(3)16-10-11-16/h5-9,14-16,20H,10-11,13H2,1-4H3. The molecule has 0 heterocycles. The van der Waals surface area contributed by atoms with E-state index < -0.39 is 5.54 Å². The molecule has 21 heavy (non-hydrogen) atoms. The fraction of sp³-hybridized carbons (Fsp3) is 0.611. The molecule has 0 aliphatic heterocycles. The van der Waals surface area contributed by atoms with Crippen molar-refractivity contribution in [1.82, 2.24) is 10.2 Å². The smallest absolute Gasteiger partial charge is 0.145 e. The van der Waals surface area contributed by atoms with Gasteiger partial charge >= 0.3 is 0 Å². The molecule has 0 aromatic heterocycles. The summed E-state index contributed by atoms with van der Waals surface area (Å²) >= 11 is 0. The van der Waals surface area contributed by atoms with E-state index in [0.717, 1.165) is 11.5 Å². The first-order valence-corrected chi connectivity index (χ1v) is 7.93. The minimum absolute atomic E-state index is 0.259. The first kappa shape index (κ1) is 16.0. The van der Waals surface area contributed by atoms with E-state index in [0.29, 0.717) is 12.6 Å². The monoisotopic (exact) mass is 285 g/mol. The summed E-state index contributed by atoms with van der Waals surface area (Å²) in [6, 6.07) is 13.5. The van der Waals surface area contributed by atoms with Crippen molar-refractivity contribution >= 4 is 0 Å². The number of rotatable bonds is 7. The Bertz CT molecular complexity index is 487. The van der Waals surface area contributed by atoms with Crippen LogP contribution in [-0.2, 0) is 5.54 Å². The Morgan fingerprint density at radius 3 is 2.38 bits per heavy atom. The lowest BCUT2D eigenvalue weighted by molar-refractivity contribution is 0.179. The molecule has 3 heteroatoms. The molecule has 0 radical (unpaired) electrons. The molecular weight excluding hydrogens is 258 g/mol. The summed E-state index contributed by atoms with van der Waals surface area (Å²) in [6.07, 6.45) is 2.65. The zero-order chi connectivity index (χ0) is 15.5. The molecule has 3 nitrogen and oxygen atoms in total. The van der Waals surface area contributed by atoms with Gasteiger partial charge in [-0.25, -0.2) is 0 Å². The summed E-state index contributed by atoms with van der Waals surface area (Å²) in [6.45, 7) is 7.18. The van der Waals surface area contributed by atoms with Gasteiger partial charge in [0.05, 0.1) is 6.07 Å². The summed E-state index contributed by atoms with van der Waals surface area (Å²) < 4.78 is 0. The summed E-state index contributed by atoms with van der Waals surface area (Å²) in [5, 5.41) is 13.4. The number of benzene rings is 1. The molecule has 0 bridgehead atoms. The third kappa shape index (κ3) is 3.84. The largest absolute Gasteiger partial charge is 0.300 e. The third-order valence-electron chi connectivity index (χ3n) is 4.48. The van der Waals surface area contributed by atoms with Crippen molar-refractivity contribution in [2.24, 2.45) is 5.92 Å². The van der Waals surface area contributed by atoms with E-state index >= 15 is 0 Å². The van der Waals surface area contributed by atoms with Crippen molar-refractivity contribution in [3.63, 3.8) is 0 Å². The van der Waals surface area contributed by atoms with Gasteiger partial charge in [0.25, 0.3) is 0 Å². The van der Waals surface area contributed by atoms with Crippen LogP contribution in [-0.4, -0.2) is 30.6 Å². The number of likely N-dealkylation sites (N-methyl/N-ethyl adjacent to an activating group) is 1. The molecule has 1 fully saturated rings. The van der Waals surface area contributed by atoms with Gasteiger partial charge in [-0.05, 0) is 52.1 Å². The van der Waals surface area contributed by atoms with Crippen LogP contribution >= 0.6 is 0 Å². The van der Waals surface area contributed by atoms with Gasteiger partial charge in [0.1, 0.15) is 5.54 Å². The Kier molecular flexibility index (Phi) is 5.03. The van der Waals surface area contributed by atoms with Crippen LogP contribution in [0, 0.1) is 17.2 Å². The first-order valence-electron chi connectivity index (χ1n) is 7.93. The second kappa shape index (κ2) is 6.60. The second-order valence-electron chi connectivity index (χ2n) is 6.68. The molecule has 2 unspecified atom stereocenters. The molecule has 1 aromatic rings. The Morgan fingerprint density at radius 1 is 1.29 bits per heavy atom. The van der Waals surface area contributed by atoms with Crippen LogP contribution in [0.1, 0.15) is 39.2 Å². The molecule has 0 saturated heterocycles. The van der Waals surface area contributed by atoms with Crippen LogP contribution in [0.4, 0.5) is 0 Å². The van der Waals surface area contributed by atoms with Crippen molar-refractivity contribution in [1.29, 1.82) is 5.26 Å². The lowest BCUT2D eigenvalue weighted by Crippen LogP contribution is -2.53. The molecule has 1 aromatic carbocycles. The number of nitrogens with zero attached hydrogens (tertiary/aromatic N) is 2. The van der Waals surface area contributed by atoms with E-state index in [-0.39, 0.29) is 6.04 Å². The van der Waals surface area contributed by atoms with E-state index in [1.807, 2.05) is 30.3 Å². The number of hydrogen-bond acceptors (Lipinski definition) is 3. The topological polar surface area (TPSA) is 39.1 Å². The highest BCUT2D eigenvalue weighted by Gasteiger charge is 2.38. The SMILES string of the molecule is CC(C)NC(C#N)(CN(C)C(C)C1CC1)c1ccccc1. The second-order valence-corrected chi connectivity index (χ2v) is 6.68. The highest BCUT2D eigenvalue weighted by Crippen LogP contribution is 2.35. The van der Waals surface area contributed by atoms with Crippen LogP contribution in [0.25, 0.3) is 0 Å². The van der Waals surface area contributed by atoms with E-state index in [4.69, 9.17) is 0 Å². The summed E-state index contributed by atoms with van der Waals surface area (Å²) in [5.74, 6) is 0.807. The molecule has 2 rings (SSSR count). The molecule has 1 N–H and O–H groups in total. The average Bonchev–Trinajstić information content (AvgIpc) is 3.30. The van der Waals surface area contributed by atoms with E-state index in [2.05, 4.69) is 44.1 Å². The van der Waals surface area contributed by atoms with Crippen LogP contribution in [0.3, 0.4) is 0 Å². The van der Waals surface area contributed by atoms with Crippen molar-refractivity contribution in [2.75, 3.05) is 13.6 Å². The minimum Gasteiger partial charge on any atom is -0.300 e. The average molecular weight is 285 g/mol. The van der Waals surface area contributed by atoms with Gasteiger partial charge in [0.2, 0.25) is 0 Å². The predicted octanol–water partition coefficient (Wildman–Crippen LogP) is 3.13. The molecule has 1 aliphatic rings. The molecule has 1 saturated carbocycles. The van der Waals surface area contributed by atoms with Crippen LogP contribution in [0.15, 0.2) is 30.3 Å². The lowest BCUT2D eigenvalue weighted by atomic mass is 9.89. The van der Waals surface area contributed by atoms with Crippen molar-refractivity contribution in [3.05, 3.63) is 35.9 Å². The normalized spacial score (nSPS) is 19.3. The summed E-state index contributed by atoms with van der Waals surface area (Å²) in [7, 11) is 2.14. The van der Waals surface area contributed by atoms with Gasteiger partial charge in [-0.2, -0.15) is 5.26 Å². The fourth-order valence-electron chi connectivity index (χ4n) is 3.02. The lowest BCUT2D eigenvalue weighted by Gasteiger charge is -2.37. The Morgan fingerprint density at radius 2 is 1.90 bits per heavy atom. The molecular formula is C18H27N3. The maximum atomic E-state index is 9.92. The maximum Gasteiger partial charge on any atom is 0.145 e. The number of hydrogen-bond donors (Lipinski definition) is 1. The fourth-order valence-corrected chi connectivity index (χ4v) is 3.02. The molecule has 114 valence electrons. The molecule has 0 amide bonds. The maximum absolute atomic E-state index is 9.92. The summed E-state index contributed by atoms with van der Waals surface area (Å²) in [5.41, 5.74) is 0.406. The molecule has 2 atom stereocenters. The van der Waals surface area contributed by atoms with Gasteiger partial charge in [-0.15, -0.1) is 0 Å². The van der Waals surface area contributed by atoms with Gasteiger partial charge < -0.3 is 4.90 Å². The molecule has 0 spiro atoms. The zero-order valence-corrected chi connectivity index (χ0v) is 13.6. The first-order chi connectivity index (χ1) is 9.98. The number of nitriles is 1. The van der Waals surface area contributed by atoms with Gasteiger partial charge in [0, 0.05) is 18.6 Å². The Labute approximate surface area is 129 Å². The van der Waals surface area contributed by atoms with Crippen LogP contribution in [0.2, 0.25) is 0 Å². The van der Waals surface area contributed by atoms with Gasteiger partial charge in [-0.3, -0.25) is 5.32 Å². The molecule has 1 aliphatic carbocycles. The quantitative estimate of drug-likeness (QED) is 0.836.